The lowest BCUT2D eigenvalue weighted by Crippen LogP contribution is -2.40. The van der Waals surface area contributed by atoms with Crippen molar-refractivity contribution in [2.75, 3.05) is 31.6 Å². The van der Waals surface area contributed by atoms with Gasteiger partial charge in [-0.3, -0.25) is 4.79 Å². The maximum absolute atomic E-state index is 12.7. The lowest BCUT2D eigenvalue weighted by Gasteiger charge is -2.26. The maximum Gasteiger partial charge on any atom is 0.255 e. The Balaban J connectivity index is 1.83. The zero-order valence-corrected chi connectivity index (χ0v) is 15.4. The molecule has 9 heteroatoms. The summed E-state index contributed by atoms with van der Waals surface area (Å²) in [5.74, 6) is -0.683. The van der Waals surface area contributed by atoms with E-state index in [9.17, 15) is 18.3 Å². The van der Waals surface area contributed by atoms with Crippen LogP contribution in [0.25, 0.3) is 0 Å². The Morgan fingerprint density at radius 3 is 2.44 bits per heavy atom. The van der Waals surface area contributed by atoms with E-state index in [2.05, 4.69) is 5.32 Å². The van der Waals surface area contributed by atoms with E-state index < -0.39 is 15.9 Å². The van der Waals surface area contributed by atoms with Crippen LogP contribution in [-0.4, -0.2) is 50.0 Å². The van der Waals surface area contributed by atoms with Gasteiger partial charge in [-0.15, -0.1) is 0 Å². The number of morpholine rings is 1. The standard InChI is InChI=1S/C18H21N3O5S/c19-12-13-1-3-14(4-2-13)18(23)20-16-11-15(5-6-17(16)22)27(24,25)21-7-9-26-10-8-21/h1-6,11,22H,7-10,12,19H2,(H,20,23). The molecule has 0 saturated carbocycles. The Morgan fingerprint density at radius 1 is 1.15 bits per heavy atom. The SMILES string of the molecule is NCc1ccc(C(=O)Nc2cc(S(=O)(=O)N3CCOCC3)ccc2O)cc1. The van der Waals surface area contributed by atoms with Crippen molar-refractivity contribution in [2.45, 2.75) is 11.4 Å². The lowest BCUT2D eigenvalue weighted by atomic mass is 10.1. The summed E-state index contributed by atoms with van der Waals surface area (Å²) in [4.78, 5) is 12.4. The van der Waals surface area contributed by atoms with Crippen LogP contribution in [-0.2, 0) is 21.3 Å². The van der Waals surface area contributed by atoms with Crippen LogP contribution in [0.4, 0.5) is 5.69 Å². The second-order valence-electron chi connectivity index (χ2n) is 6.05. The van der Waals surface area contributed by atoms with E-state index >= 15 is 0 Å². The molecule has 0 unspecified atom stereocenters. The maximum atomic E-state index is 12.7. The Morgan fingerprint density at radius 2 is 1.81 bits per heavy atom. The van der Waals surface area contributed by atoms with Crippen molar-refractivity contribution in [3.05, 3.63) is 53.6 Å². The molecular formula is C18H21N3O5S. The number of phenolic OH excluding ortho intramolecular Hbond substituents is 1. The fourth-order valence-electron chi connectivity index (χ4n) is 2.70. The van der Waals surface area contributed by atoms with Gasteiger partial charge in [-0.05, 0) is 35.9 Å². The number of carbonyl (C=O) groups excluding carboxylic acids is 1. The van der Waals surface area contributed by atoms with E-state index in [1.165, 1.54) is 22.5 Å². The molecule has 0 spiro atoms. The number of hydrogen-bond acceptors (Lipinski definition) is 6. The van der Waals surface area contributed by atoms with Crippen molar-refractivity contribution in [1.29, 1.82) is 0 Å². The molecule has 0 radical (unpaired) electrons. The van der Waals surface area contributed by atoms with Crippen LogP contribution in [0.3, 0.4) is 0 Å². The quantitative estimate of drug-likeness (QED) is 0.657. The third kappa shape index (κ3) is 4.28. The van der Waals surface area contributed by atoms with Crippen LogP contribution >= 0.6 is 0 Å². The van der Waals surface area contributed by atoms with Gasteiger partial charge in [-0.2, -0.15) is 4.31 Å². The van der Waals surface area contributed by atoms with Gasteiger partial charge in [-0.1, -0.05) is 12.1 Å². The molecule has 8 nitrogen and oxygen atoms in total. The van der Waals surface area contributed by atoms with Crippen molar-refractivity contribution < 1.29 is 23.1 Å². The summed E-state index contributed by atoms with van der Waals surface area (Å²) < 4.78 is 32.0. The fraction of sp³-hybridized carbons (Fsp3) is 0.278. The summed E-state index contributed by atoms with van der Waals surface area (Å²) in [7, 11) is -3.73. The summed E-state index contributed by atoms with van der Waals surface area (Å²) >= 11 is 0. The van der Waals surface area contributed by atoms with E-state index in [1.54, 1.807) is 24.3 Å². The average Bonchev–Trinajstić information content (AvgIpc) is 2.70. The minimum atomic E-state index is -3.73. The summed E-state index contributed by atoms with van der Waals surface area (Å²) in [5, 5.41) is 12.6. The first kappa shape index (κ1) is 19.3. The van der Waals surface area contributed by atoms with Gasteiger partial charge in [0.15, 0.2) is 0 Å². The van der Waals surface area contributed by atoms with Crippen LogP contribution in [0.15, 0.2) is 47.4 Å². The van der Waals surface area contributed by atoms with E-state index in [4.69, 9.17) is 10.5 Å². The van der Waals surface area contributed by atoms with Crippen molar-refractivity contribution in [1.82, 2.24) is 4.31 Å². The number of nitrogens with zero attached hydrogens (tertiary/aromatic N) is 1. The highest BCUT2D eigenvalue weighted by Crippen LogP contribution is 2.28. The molecule has 1 aliphatic rings. The Kier molecular flexibility index (Phi) is 5.76. The summed E-state index contributed by atoms with van der Waals surface area (Å²) in [6, 6.07) is 10.5. The number of nitrogens with two attached hydrogens (primary N) is 1. The van der Waals surface area contributed by atoms with Crippen LogP contribution in [0.1, 0.15) is 15.9 Å². The molecule has 0 bridgehead atoms. The Labute approximate surface area is 157 Å². The Hall–Kier alpha value is -2.46. The third-order valence-electron chi connectivity index (χ3n) is 4.28. The highest BCUT2D eigenvalue weighted by Gasteiger charge is 2.27. The number of rotatable bonds is 5. The number of carbonyl (C=O) groups is 1. The molecule has 3 rings (SSSR count). The van der Waals surface area contributed by atoms with Gasteiger partial charge in [0.25, 0.3) is 5.91 Å². The van der Waals surface area contributed by atoms with Crippen molar-refractivity contribution in [3.63, 3.8) is 0 Å². The fourth-order valence-corrected chi connectivity index (χ4v) is 4.13. The van der Waals surface area contributed by atoms with Crippen LogP contribution in [0.5, 0.6) is 5.75 Å². The molecular weight excluding hydrogens is 370 g/mol. The summed E-state index contributed by atoms with van der Waals surface area (Å²) in [6.07, 6.45) is 0. The van der Waals surface area contributed by atoms with Crippen LogP contribution in [0.2, 0.25) is 0 Å². The zero-order valence-electron chi connectivity index (χ0n) is 14.6. The highest BCUT2D eigenvalue weighted by atomic mass is 32.2. The van der Waals surface area contributed by atoms with Crippen molar-refractivity contribution in [2.24, 2.45) is 5.73 Å². The monoisotopic (exact) mass is 391 g/mol. The third-order valence-corrected chi connectivity index (χ3v) is 6.17. The number of ether oxygens (including phenoxy) is 1. The first-order valence-electron chi connectivity index (χ1n) is 8.43. The predicted molar refractivity (Wildman–Crippen MR) is 100.0 cm³/mol. The molecule has 27 heavy (non-hydrogen) atoms. The predicted octanol–water partition coefficient (Wildman–Crippen LogP) is 1.12. The van der Waals surface area contributed by atoms with Gasteiger partial charge in [0.1, 0.15) is 5.75 Å². The molecule has 1 saturated heterocycles. The Bertz CT molecular complexity index is 923. The van der Waals surface area contributed by atoms with Gasteiger partial charge < -0.3 is 20.9 Å². The number of benzene rings is 2. The molecule has 0 aliphatic carbocycles. The van der Waals surface area contributed by atoms with E-state index in [0.29, 0.717) is 25.3 Å². The number of phenols is 1. The largest absolute Gasteiger partial charge is 0.506 e. The topological polar surface area (TPSA) is 122 Å². The van der Waals surface area contributed by atoms with Gasteiger partial charge in [-0.25, -0.2) is 8.42 Å². The number of hydrogen-bond donors (Lipinski definition) is 3. The van der Waals surface area contributed by atoms with E-state index in [1.807, 2.05) is 0 Å². The van der Waals surface area contributed by atoms with E-state index in [0.717, 1.165) is 5.56 Å². The molecule has 2 aromatic carbocycles. The number of nitrogens with one attached hydrogen (secondary N) is 1. The van der Waals surface area contributed by atoms with E-state index in [-0.39, 0.29) is 29.4 Å². The highest BCUT2D eigenvalue weighted by molar-refractivity contribution is 7.89. The normalized spacial score (nSPS) is 15.4. The smallest absolute Gasteiger partial charge is 0.255 e. The number of sulfonamides is 1. The molecule has 4 N–H and O–H groups in total. The number of anilines is 1. The molecule has 0 aromatic heterocycles. The molecule has 1 amide bonds. The second kappa shape index (κ2) is 8.05. The lowest BCUT2D eigenvalue weighted by molar-refractivity contribution is 0.0730. The summed E-state index contributed by atoms with van der Waals surface area (Å²) in [6.45, 7) is 1.56. The molecule has 2 aromatic rings. The minimum absolute atomic E-state index is 0.00372. The van der Waals surface area contributed by atoms with Gasteiger partial charge >= 0.3 is 0 Å². The molecule has 1 heterocycles. The van der Waals surface area contributed by atoms with Gasteiger partial charge in [0.05, 0.1) is 23.8 Å². The molecule has 1 fully saturated rings. The molecule has 0 atom stereocenters. The van der Waals surface area contributed by atoms with Crippen LogP contribution < -0.4 is 11.1 Å². The van der Waals surface area contributed by atoms with Crippen molar-refractivity contribution >= 4 is 21.6 Å². The summed E-state index contributed by atoms with van der Waals surface area (Å²) in [5.41, 5.74) is 6.81. The molecule has 1 aliphatic heterocycles. The van der Waals surface area contributed by atoms with Gasteiger partial charge in [0.2, 0.25) is 10.0 Å². The zero-order chi connectivity index (χ0) is 19.4. The average molecular weight is 391 g/mol. The molecule has 144 valence electrons. The van der Waals surface area contributed by atoms with Crippen molar-refractivity contribution in [3.8, 4) is 5.75 Å². The number of amides is 1. The van der Waals surface area contributed by atoms with Gasteiger partial charge in [0, 0.05) is 25.2 Å². The first-order chi connectivity index (χ1) is 12.9. The minimum Gasteiger partial charge on any atom is -0.506 e. The van der Waals surface area contributed by atoms with Crippen LogP contribution in [0, 0.1) is 0 Å². The number of aromatic hydroxyl groups is 1. The first-order valence-corrected chi connectivity index (χ1v) is 9.87. The second-order valence-corrected chi connectivity index (χ2v) is 7.99.